The van der Waals surface area contributed by atoms with E-state index in [-0.39, 0.29) is 24.5 Å². The summed E-state index contributed by atoms with van der Waals surface area (Å²) in [6.45, 7) is 3.66. The van der Waals surface area contributed by atoms with Crippen LogP contribution in [0.2, 0.25) is 0 Å². The van der Waals surface area contributed by atoms with Gasteiger partial charge in [-0.05, 0) is 26.7 Å². The van der Waals surface area contributed by atoms with Crippen molar-refractivity contribution in [3.05, 3.63) is 27.2 Å². The van der Waals surface area contributed by atoms with E-state index in [0.717, 1.165) is 17.4 Å². The Bertz CT molecular complexity index is 883. The molecule has 8 nitrogen and oxygen atoms in total. The fourth-order valence-electron chi connectivity index (χ4n) is 3.02. The van der Waals surface area contributed by atoms with Crippen molar-refractivity contribution in [3.8, 4) is 0 Å². The van der Waals surface area contributed by atoms with E-state index in [1.807, 2.05) is 13.8 Å². The van der Waals surface area contributed by atoms with Crippen LogP contribution in [0.1, 0.15) is 26.7 Å². The summed E-state index contributed by atoms with van der Waals surface area (Å²) in [7, 11) is 3.25. The third-order valence-corrected chi connectivity index (χ3v) is 4.28. The average Bonchev–Trinajstić information content (AvgIpc) is 3.22. The summed E-state index contributed by atoms with van der Waals surface area (Å²) in [5.41, 5.74) is -0.346. The Balaban J connectivity index is 2.06. The lowest BCUT2D eigenvalue weighted by atomic mass is 10.3. The van der Waals surface area contributed by atoms with Crippen LogP contribution in [-0.2, 0) is 25.4 Å². The van der Waals surface area contributed by atoms with Gasteiger partial charge in [-0.3, -0.25) is 14.2 Å². The average molecular weight is 319 g/mol. The highest BCUT2D eigenvalue weighted by molar-refractivity contribution is 5.77. The molecule has 0 bridgehead atoms. The Kier molecular flexibility index (Phi) is 3.62. The van der Waals surface area contributed by atoms with Gasteiger partial charge in [0.15, 0.2) is 11.2 Å². The molecule has 1 aliphatic carbocycles. The second-order valence-corrected chi connectivity index (χ2v) is 6.39. The van der Waals surface area contributed by atoms with Gasteiger partial charge in [-0.15, -0.1) is 0 Å². The quantitative estimate of drug-likeness (QED) is 0.784. The first-order valence-corrected chi connectivity index (χ1v) is 7.75. The first-order valence-electron chi connectivity index (χ1n) is 7.75. The number of carbonyl (C=O) groups excluding carboxylic acids is 1. The van der Waals surface area contributed by atoms with E-state index in [2.05, 4.69) is 4.98 Å². The summed E-state index contributed by atoms with van der Waals surface area (Å²) < 4.78 is 3.88. The molecule has 0 spiro atoms. The van der Waals surface area contributed by atoms with Gasteiger partial charge in [-0.1, -0.05) is 0 Å². The molecule has 1 fully saturated rings. The predicted molar refractivity (Wildman–Crippen MR) is 85.2 cm³/mol. The third kappa shape index (κ3) is 2.47. The second-order valence-electron chi connectivity index (χ2n) is 6.39. The Morgan fingerprint density at radius 1 is 1.35 bits per heavy atom. The minimum atomic E-state index is -0.519. The molecular formula is C15H21N5O3. The van der Waals surface area contributed by atoms with Crippen LogP contribution in [0, 0.1) is 0 Å². The predicted octanol–water partition coefficient (Wildman–Crippen LogP) is -0.167. The van der Waals surface area contributed by atoms with Gasteiger partial charge in [0.2, 0.25) is 5.91 Å². The largest absolute Gasteiger partial charge is 0.336 e. The maximum Gasteiger partial charge on any atom is 0.332 e. The zero-order valence-electron chi connectivity index (χ0n) is 13.8. The summed E-state index contributed by atoms with van der Waals surface area (Å²) >= 11 is 0. The van der Waals surface area contributed by atoms with Crippen LogP contribution in [-0.4, -0.2) is 41.6 Å². The highest BCUT2D eigenvalue weighted by Crippen LogP contribution is 2.28. The van der Waals surface area contributed by atoms with Crippen molar-refractivity contribution in [1.29, 1.82) is 0 Å². The van der Waals surface area contributed by atoms with Crippen molar-refractivity contribution in [2.45, 2.75) is 45.3 Å². The molecule has 1 aliphatic rings. The molecule has 1 saturated carbocycles. The van der Waals surface area contributed by atoms with Crippen LogP contribution >= 0.6 is 0 Å². The van der Waals surface area contributed by atoms with Crippen molar-refractivity contribution >= 4 is 17.1 Å². The highest BCUT2D eigenvalue weighted by atomic mass is 16.2. The number of aromatic nitrogens is 4. The lowest BCUT2D eigenvalue weighted by molar-refractivity contribution is -0.134. The van der Waals surface area contributed by atoms with Crippen LogP contribution in [0.3, 0.4) is 0 Å². The molecule has 2 heterocycles. The van der Waals surface area contributed by atoms with E-state index >= 15 is 0 Å². The van der Waals surface area contributed by atoms with E-state index in [4.69, 9.17) is 0 Å². The number of imidazole rings is 1. The van der Waals surface area contributed by atoms with Crippen molar-refractivity contribution in [3.63, 3.8) is 0 Å². The van der Waals surface area contributed by atoms with Gasteiger partial charge >= 0.3 is 5.69 Å². The Labute approximate surface area is 132 Å². The van der Waals surface area contributed by atoms with Gasteiger partial charge in [0.1, 0.15) is 6.54 Å². The minimum absolute atomic E-state index is 0.0509. The smallest absolute Gasteiger partial charge is 0.332 e. The molecule has 0 N–H and O–H groups in total. The number of hydrogen-bond acceptors (Lipinski definition) is 4. The molecule has 2 aromatic rings. The number of amides is 1. The van der Waals surface area contributed by atoms with Gasteiger partial charge < -0.3 is 9.47 Å². The summed E-state index contributed by atoms with van der Waals surface area (Å²) in [6.07, 6.45) is 3.46. The summed E-state index contributed by atoms with van der Waals surface area (Å²) in [4.78, 5) is 43.5. The van der Waals surface area contributed by atoms with Gasteiger partial charge in [0.25, 0.3) is 5.56 Å². The van der Waals surface area contributed by atoms with E-state index in [0.29, 0.717) is 11.2 Å². The molecule has 2 aromatic heterocycles. The van der Waals surface area contributed by atoms with Crippen LogP contribution in [0.25, 0.3) is 11.2 Å². The first-order chi connectivity index (χ1) is 10.8. The monoisotopic (exact) mass is 319 g/mol. The summed E-state index contributed by atoms with van der Waals surface area (Å²) in [5, 5.41) is 0. The molecule has 0 unspecified atom stereocenters. The Morgan fingerprint density at radius 3 is 2.57 bits per heavy atom. The number of aryl methyl sites for hydroxylation is 2. The SMILES string of the molecule is CC(C)N(C(=O)Cn1c(=O)c2c(ncn2C)n(C)c1=O)C1CC1. The van der Waals surface area contributed by atoms with Crippen LogP contribution in [0.4, 0.5) is 0 Å². The van der Waals surface area contributed by atoms with Crippen LogP contribution < -0.4 is 11.2 Å². The molecule has 124 valence electrons. The molecule has 0 aliphatic heterocycles. The van der Waals surface area contributed by atoms with Crippen molar-refractivity contribution < 1.29 is 4.79 Å². The normalized spacial score (nSPS) is 14.7. The number of carbonyl (C=O) groups is 1. The number of nitrogens with zero attached hydrogens (tertiary/aromatic N) is 5. The standard InChI is InChI=1S/C15H21N5O3/c1-9(2)20(10-5-6-10)11(21)7-19-14(22)12-13(16-8-17(12)3)18(4)15(19)23/h8-10H,5-7H2,1-4H3. The van der Waals surface area contributed by atoms with Gasteiger partial charge in [-0.25, -0.2) is 14.3 Å². The molecular weight excluding hydrogens is 298 g/mol. The van der Waals surface area contributed by atoms with Gasteiger partial charge in [0, 0.05) is 26.2 Å². The van der Waals surface area contributed by atoms with Crippen LogP contribution in [0.15, 0.2) is 15.9 Å². The Morgan fingerprint density at radius 2 is 2.00 bits per heavy atom. The highest BCUT2D eigenvalue weighted by Gasteiger charge is 2.34. The fourth-order valence-corrected chi connectivity index (χ4v) is 3.02. The third-order valence-electron chi connectivity index (χ3n) is 4.28. The van der Waals surface area contributed by atoms with Crippen molar-refractivity contribution in [2.24, 2.45) is 14.1 Å². The van der Waals surface area contributed by atoms with Crippen molar-refractivity contribution in [2.75, 3.05) is 0 Å². The summed E-state index contributed by atoms with van der Waals surface area (Å²) in [5.74, 6) is -0.191. The van der Waals surface area contributed by atoms with E-state index in [9.17, 15) is 14.4 Å². The van der Waals surface area contributed by atoms with Crippen LogP contribution in [0.5, 0.6) is 0 Å². The molecule has 0 atom stereocenters. The van der Waals surface area contributed by atoms with Crippen molar-refractivity contribution in [1.82, 2.24) is 23.6 Å². The zero-order chi connectivity index (χ0) is 16.9. The maximum atomic E-state index is 12.6. The molecule has 0 aromatic carbocycles. The maximum absolute atomic E-state index is 12.6. The van der Waals surface area contributed by atoms with E-state index in [1.165, 1.54) is 10.9 Å². The fraction of sp³-hybridized carbons (Fsp3) is 0.600. The van der Waals surface area contributed by atoms with Gasteiger partial charge in [-0.2, -0.15) is 0 Å². The minimum Gasteiger partial charge on any atom is -0.336 e. The van der Waals surface area contributed by atoms with Gasteiger partial charge in [0.05, 0.1) is 6.33 Å². The molecule has 3 rings (SSSR count). The molecule has 0 radical (unpaired) electrons. The second kappa shape index (κ2) is 5.36. The first kappa shape index (κ1) is 15.5. The number of hydrogen-bond donors (Lipinski definition) is 0. The number of fused-ring (bicyclic) bond motifs is 1. The molecule has 1 amide bonds. The molecule has 8 heteroatoms. The Hall–Kier alpha value is -2.38. The summed E-state index contributed by atoms with van der Waals surface area (Å²) in [6, 6.07) is 0.289. The molecule has 23 heavy (non-hydrogen) atoms. The number of rotatable bonds is 4. The molecule has 0 saturated heterocycles. The lowest BCUT2D eigenvalue weighted by Gasteiger charge is -2.26. The van der Waals surface area contributed by atoms with E-state index < -0.39 is 11.2 Å². The topological polar surface area (TPSA) is 82.1 Å². The lowest BCUT2D eigenvalue weighted by Crippen LogP contribution is -2.47. The van der Waals surface area contributed by atoms with E-state index in [1.54, 1.807) is 23.6 Å². The zero-order valence-corrected chi connectivity index (χ0v) is 13.8.